The van der Waals surface area contributed by atoms with Gasteiger partial charge in [-0.2, -0.15) is 0 Å². The Labute approximate surface area is 277 Å². The lowest BCUT2D eigenvalue weighted by molar-refractivity contribution is -0.140. The molecule has 0 saturated heterocycles. The molecule has 0 aromatic heterocycles. The number of hydrogen-bond acceptors (Lipinski definition) is 4. The van der Waals surface area contributed by atoms with E-state index in [2.05, 4.69) is 5.32 Å². The number of rotatable bonds is 12. The summed E-state index contributed by atoms with van der Waals surface area (Å²) in [6.45, 7) is 3.27. The molecule has 4 aromatic rings. The molecule has 1 unspecified atom stereocenters. The predicted molar refractivity (Wildman–Crippen MR) is 183 cm³/mol. The highest BCUT2D eigenvalue weighted by atomic mass is 35.5. The smallest absolute Gasteiger partial charge is 0.264 e. The Morgan fingerprint density at radius 3 is 2.15 bits per heavy atom. The summed E-state index contributed by atoms with van der Waals surface area (Å²) in [6, 6.07) is 29.4. The van der Waals surface area contributed by atoms with Crippen molar-refractivity contribution in [3.05, 3.63) is 130 Å². The maximum absolute atomic E-state index is 14.7. The van der Waals surface area contributed by atoms with Gasteiger partial charge in [0.1, 0.15) is 12.6 Å². The van der Waals surface area contributed by atoms with Crippen molar-refractivity contribution in [3.8, 4) is 0 Å². The van der Waals surface area contributed by atoms with Gasteiger partial charge in [0.25, 0.3) is 10.0 Å². The highest BCUT2D eigenvalue weighted by Crippen LogP contribution is 2.30. The summed E-state index contributed by atoms with van der Waals surface area (Å²) in [7, 11) is -4.17. The summed E-state index contributed by atoms with van der Waals surface area (Å²) in [6.07, 6.45) is 4.11. The normalized spacial score (nSPS) is 14.1. The lowest BCUT2D eigenvalue weighted by Gasteiger charge is -2.35. The zero-order valence-corrected chi connectivity index (χ0v) is 27.8. The molecule has 0 aliphatic heterocycles. The molecule has 4 aromatic carbocycles. The minimum absolute atomic E-state index is 0.0279. The number of benzene rings is 4. The van der Waals surface area contributed by atoms with E-state index in [1.165, 1.54) is 21.3 Å². The van der Waals surface area contributed by atoms with Gasteiger partial charge in [-0.3, -0.25) is 13.9 Å². The van der Waals surface area contributed by atoms with Gasteiger partial charge in [-0.25, -0.2) is 8.42 Å². The molecular formula is C37H40ClN3O4S. The predicted octanol–water partition coefficient (Wildman–Crippen LogP) is 6.85. The first kappa shape index (κ1) is 33.2. The van der Waals surface area contributed by atoms with Crippen molar-refractivity contribution >= 4 is 39.1 Å². The third-order valence-electron chi connectivity index (χ3n) is 8.73. The number of carbonyl (C=O) groups is 2. The first-order chi connectivity index (χ1) is 22.1. The Kier molecular flexibility index (Phi) is 10.8. The summed E-state index contributed by atoms with van der Waals surface area (Å²) in [4.78, 5) is 30.4. The number of hydrogen-bond donors (Lipinski definition) is 1. The Balaban J connectivity index is 1.59. The molecule has 1 atom stereocenters. The van der Waals surface area contributed by atoms with E-state index in [9.17, 15) is 18.0 Å². The molecule has 0 bridgehead atoms. The lowest BCUT2D eigenvalue weighted by atomic mass is 10.0. The van der Waals surface area contributed by atoms with Crippen molar-refractivity contribution in [2.75, 3.05) is 10.8 Å². The van der Waals surface area contributed by atoms with Crippen LogP contribution in [0.2, 0.25) is 5.02 Å². The largest absolute Gasteiger partial charge is 0.352 e. The van der Waals surface area contributed by atoms with Crippen molar-refractivity contribution in [2.45, 2.75) is 69.5 Å². The van der Waals surface area contributed by atoms with Crippen LogP contribution in [0.15, 0.2) is 108 Å². The number of nitrogens with zero attached hydrogens (tertiary/aromatic N) is 2. The number of sulfonamides is 1. The second kappa shape index (κ2) is 15.0. The maximum atomic E-state index is 14.7. The molecule has 5 rings (SSSR count). The molecule has 46 heavy (non-hydrogen) atoms. The number of halogens is 1. The van der Waals surface area contributed by atoms with Crippen LogP contribution < -0.4 is 9.62 Å². The van der Waals surface area contributed by atoms with Crippen LogP contribution in [0.3, 0.4) is 0 Å². The van der Waals surface area contributed by atoms with Crippen LogP contribution in [0.1, 0.15) is 47.9 Å². The molecule has 1 aliphatic rings. The monoisotopic (exact) mass is 657 g/mol. The minimum atomic E-state index is -4.17. The van der Waals surface area contributed by atoms with E-state index in [0.717, 1.165) is 42.4 Å². The second-order valence-electron chi connectivity index (χ2n) is 11.9. The van der Waals surface area contributed by atoms with Gasteiger partial charge in [-0.05, 0) is 73.2 Å². The Morgan fingerprint density at radius 2 is 1.48 bits per heavy atom. The van der Waals surface area contributed by atoms with Gasteiger partial charge in [0.2, 0.25) is 11.8 Å². The first-order valence-electron chi connectivity index (χ1n) is 15.7. The van der Waals surface area contributed by atoms with Crippen LogP contribution in [0, 0.1) is 13.8 Å². The molecule has 0 radical (unpaired) electrons. The highest BCUT2D eigenvalue weighted by molar-refractivity contribution is 7.92. The van der Waals surface area contributed by atoms with Crippen LogP contribution in [-0.2, 0) is 32.6 Å². The molecule has 9 heteroatoms. The Morgan fingerprint density at radius 1 is 0.848 bits per heavy atom. The third kappa shape index (κ3) is 7.80. The fraction of sp³-hybridized carbons (Fsp3) is 0.297. The number of carbonyl (C=O) groups excluding carboxylic acids is 2. The highest BCUT2D eigenvalue weighted by Gasteiger charge is 2.36. The van der Waals surface area contributed by atoms with E-state index in [1.807, 2.05) is 62.4 Å². The number of nitrogens with one attached hydrogen (secondary N) is 1. The second-order valence-corrected chi connectivity index (χ2v) is 14.1. The lowest BCUT2D eigenvalue weighted by Crippen LogP contribution is -2.54. The molecule has 7 nitrogen and oxygen atoms in total. The summed E-state index contributed by atoms with van der Waals surface area (Å²) in [5.74, 6) is -0.775. The van der Waals surface area contributed by atoms with Crippen LogP contribution in [0.5, 0.6) is 0 Å². The summed E-state index contributed by atoms with van der Waals surface area (Å²) in [5, 5.41) is 3.65. The quantitative estimate of drug-likeness (QED) is 0.181. The average molecular weight is 658 g/mol. The maximum Gasteiger partial charge on any atom is 0.264 e. The van der Waals surface area contributed by atoms with Crippen LogP contribution in [0.4, 0.5) is 5.69 Å². The molecule has 1 N–H and O–H groups in total. The van der Waals surface area contributed by atoms with E-state index in [0.29, 0.717) is 16.3 Å². The SMILES string of the molecule is Cc1cccc(N(CC(=O)N(Cc2ccccc2Cl)C(Cc2ccccc2)C(=O)NC2CCCC2)S(=O)(=O)c2ccccc2)c1C. The number of amides is 2. The van der Waals surface area contributed by atoms with Gasteiger partial charge in [-0.15, -0.1) is 0 Å². The topological polar surface area (TPSA) is 86.8 Å². The number of aryl methyl sites for hydroxylation is 1. The summed E-state index contributed by atoms with van der Waals surface area (Å²) >= 11 is 6.60. The van der Waals surface area contributed by atoms with Gasteiger partial charge in [-0.1, -0.05) is 103 Å². The van der Waals surface area contributed by atoms with Gasteiger partial charge < -0.3 is 10.2 Å². The van der Waals surface area contributed by atoms with E-state index in [4.69, 9.17) is 11.6 Å². The molecule has 240 valence electrons. The summed E-state index contributed by atoms with van der Waals surface area (Å²) < 4.78 is 29.7. The van der Waals surface area contributed by atoms with Crippen molar-refractivity contribution in [1.29, 1.82) is 0 Å². The number of anilines is 1. The Hall–Kier alpha value is -4.14. The minimum Gasteiger partial charge on any atom is -0.352 e. The van der Waals surface area contributed by atoms with Gasteiger partial charge >= 0.3 is 0 Å². The van der Waals surface area contributed by atoms with E-state index >= 15 is 0 Å². The van der Waals surface area contributed by atoms with Crippen LogP contribution in [0.25, 0.3) is 0 Å². The summed E-state index contributed by atoms with van der Waals surface area (Å²) in [5.41, 5.74) is 3.59. The van der Waals surface area contributed by atoms with Gasteiger partial charge in [0, 0.05) is 24.0 Å². The first-order valence-corrected chi connectivity index (χ1v) is 17.5. The fourth-order valence-corrected chi connectivity index (χ4v) is 7.66. The van der Waals surface area contributed by atoms with E-state index < -0.39 is 28.5 Å². The molecule has 1 fully saturated rings. The van der Waals surface area contributed by atoms with E-state index in [-0.39, 0.29) is 29.8 Å². The Bertz CT molecular complexity index is 1760. The van der Waals surface area contributed by atoms with Crippen molar-refractivity contribution in [3.63, 3.8) is 0 Å². The molecule has 0 heterocycles. The van der Waals surface area contributed by atoms with Crippen molar-refractivity contribution in [2.24, 2.45) is 0 Å². The molecule has 1 aliphatic carbocycles. The van der Waals surface area contributed by atoms with Crippen LogP contribution in [-0.4, -0.2) is 43.8 Å². The molecule has 1 saturated carbocycles. The fourth-order valence-electron chi connectivity index (χ4n) is 5.97. The zero-order chi connectivity index (χ0) is 32.7. The molecule has 2 amide bonds. The zero-order valence-electron chi connectivity index (χ0n) is 26.2. The average Bonchev–Trinajstić information content (AvgIpc) is 3.57. The van der Waals surface area contributed by atoms with Crippen molar-refractivity contribution in [1.82, 2.24) is 10.2 Å². The van der Waals surface area contributed by atoms with Gasteiger partial charge in [0.15, 0.2) is 0 Å². The van der Waals surface area contributed by atoms with E-state index in [1.54, 1.807) is 42.5 Å². The van der Waals surface area contributed by atoms with Crippen molar-refractivity contribution < 1.29 is 18.0 Å². The third-order valence-corrected chi connectivity index (χ3v) is 10.9. The molecule has 0 spiro atoms. The van der Waals surface area contributed by atoms with Crippen LogP contribution >= 0.6 is 11.6 Å². The standard InChI is InChI=1S/C37H40ClN3O4S/c1-27-14-13-23-34(28(27)2)41(46(44,45)32-20-7-4-8-21-32)26-36(42)40(25-30-17-9-12-22-33(30)38)35(24-29-15-5-3-6-16-29)37(43)39-31-18-10-11-19-31/h3-9,12-17,20-23,31,35H,10-11,18-19,24-26H2,1-2H3,(H,39,43). The molecular weight excluding hydrogens is 618 g/mol. The van der Waals surface area contributed by atoms with Gasteiger partial charge in [0.05, 0.1) is 10.6 Å².